The molecule has 0 aliphatic rings. The maximum Gasteiger partial charge on any atom is 0.472 e. The molecule has 0 aliphatic heterocycles. The summed E-state index contributed by atoms with van der Waals surface area (Å²) >= 11 is 0. The summed E-state index contributed by atoms with van der Waals surface area (Å²) in [5.41, 5.74) is 5.42. The zero-order valence-corrected chi connectivity index (χ0v) is 61.5. The number of rotatable bonds is 77. The Hall–Kier alpha value is -2.03. The lowest BCUT2D eigenvalue weighted by Gasteiger charge is -2.19. The van der Waals surface area contributed by atoms with Gasteiger partial charge in [-0.1, -0.05) is 383 Å². The molecule has 9 nitrogen and oxygen atoms in total. The Morgan fingerprint density at radius 2 is 0.571 bits per heavy atom. The van der Waals surface area contributed by atoms with E-state index in [0.717, 1.165) is 44.9 Å². The molecule has 0 amide bonds. The Morgan fingerprint density at radius 3 is 0.857 bits per heavy atom. The van der Waals surface area contributed by atoms with Crippen LogP contribution in [-0.4, -0.2) is 49.3 Å². The minimum absolute atomic E-state index is 0.0556. The van der Waals surface area contributed by atoms with Crippen LogP contribution < -0.4 is 5.73 Å². The van der Waals surface area contributed by atoms with Crippen molar-refractivity contribution >= 4 is 19.8 Å². The first-order valence-electron chi connectivity index (χ1n) is 40.1. The number of hydrogen-bond acceptors (Lipinski definition) is 8. The number of phosphoric acid groups is 1. The molecule has 0 saturated carbocycles. The Bertz CT molecular complexity index is 1630. The highest BCUT2D eigenvalue weighted by atomic mass is 31.2. The molecule has 0 bridgehead atoms. The fraction of sp³-hybridized carbons (Fsp3) is 0.877. The molecule has 0 spiro atoms. The number of allylic oxidation sites excluding steroid dienone is 8. The highest BCUT2D eigenvalue weighted by Gasteiger charge is 2.26. The number of carbonyl (C=O) groups excluding carboxylic acids is 2. The van der Waals surface area contributed by atoms with E-state index >= 15 is 0 Å². The number of esters is 2. The van der Waals surface area contributed by atoms with Gasteiger partial charge in [-0.25, -0.2) is 4.57 Å². The van der Waals surface area contributed by atoms with Crippen molar-refractivity contribution in [2.24, 2.45) is 5.73 Å². The topological polar surface area (TPSA) is 134 Å². The summed E-state index contributed by atoms with van der Waals surface area (Å²) in [5.74, 6) is -0.803. The molecule has 0 heterocycles. The molecule has 10 heteroatoms. The van der Waals surface area contributed by atoms with E-state index in [1.165, 1.54) is 347 Å². The van der Waals surface area contributed by atoms with Crippen LogP contribution in [0, 0.1) is 0 Å². The molecule has 0 aromatic carbocycles. The summed E-state index contributed by atoms with van der Waals surface area (Å²) in [4.78, 5) is 35.5. The molecule has 3 N–H and O–H groups in total. The number of ether oxygens (including phenoxy) is 2. The molecule has 0 rings (SSSR count). The number of nitrogens with two attached hydrogens (primary N) is 1. The van der Waals surface area contributed by atoms with Crippen LogP contribution in [0.25, 0.3) is 0 Å². The van der Waals surface area contributed by atoms with E-state index in [1.54, 1.807) is 0 Å². The standard InChI is InChI=1S/C81H154NO8P/c1-3-5-7-9-11-13-15-17-19-21-23-25-27-29-31-33-35-37-38-39-40-42-43-45-47-49-51-53-55-57-59-61-63-65-67-69-71-73-80(83)87-77-79(78-89-91(85,86)88-76-75-82)90-81(84)74-72-70-68-66-64-62-60-58-56-54-52-50-48-46-44-41-36-34-32-30-28-26-24-22-20-18-16-14-12-10-8-6-4-2/h16,18,21-24,28,30,79H,3-15,17,19-20,25-27,29,31-78,82H2,1-2H3,(H,85,86)/b18-16-,23-21-,24-22-,30-28-. The zero-order chi connectivity index (χ0) is 65.8. The van der Waals surface area contributed by atoms with Crippen molar-refractivity contribution in [3.05, 3.63) is 48.6 Å². The maximum absolute atomic E-state index is 12.8. The van der Waals surface area contributed by atoms with Gasteiger partial charge >= 0.3 is 19.8 Å². The van der Waals surface area contributed by atoms with Gasteiger partial charge in [0.2, 0.25) is 0 Å². The summed E-state index contributed by atoms with van der Waals surface area (Å²) in [6.07, 6.45) is 99.7. The van der Waals surface area contributed by atoms with E-state index in [-0.39, 0.29) is 38.6 Å². The highest BCUT2D eigenvalue weighted by Crippen LogP contribution is 2.43. The van der Waals surface area contributed by atoms with E-state index < -0.39 is 26.5 Å². The molecular weight excluding hydrogens is 1150 g/mol. The van der Waals surface area contributed by atoms with Gasteiger partial charge in [-0.05, 0) is 77.0 Å². The number of carbonyl (C=O) groups is 2. The fourth-order valence-corrected chi connectivity index (χ4v) is 13.0. The van der Waals surface area contributed by atoms with Crippen molar-refractivity contribution in [1.82, 2.24) is 0 Å². The second kappa shape index (κ2) is 77.0. The first-order chi connectivity index (χ1) is 44.8. The van der Waals surface area contributed by atoms with Crippen LogP contribution in [-0.2, 0) is 32.7 Å². The second-order valence-electron chi connectivity index (χ2n) is 27.3. The molecule has 2 unspecified atom stereocenters. The molecular formula is C81H154NO8P. The van der Waals surface area contributed by atoms with Crippen LogP contribution in [0.4, 0.5) is 0 Å². The van der Waals surface area contributed by atoms with Crippen LogP contribution in [0.1, 0.15) is 425 Å². The lowest BCUT2D eigenvalue weighted by atomic mass is 10.0. The molecule has 0 fully saturated rings. The van der Waals surface area contributed by atoms with Gasteiger partial charge < -0.3 is 20.1 Å². The molecule has 2 atom stereocenters. The number of phosphoric ester groups is 1. The van der Waals surface area contributed by atoms with Crippen molar-refractivity contribution < 1.29 is 37.6 Å². The van der Waals surface area contributed by atoms with Gasteiger partial charge in [0.25, 0.3) is 0 Å². The Labute approximate surface area is 566 Å². The third-order valence-electron chi connectivity index (χ3n) is 18.2. The van der Waals surface area contributed by atoms with Gasteiger partial charge in [0, 0.05) is 19.4 Å². The van der Waals surface area contributed by atoms with Crippen LogP contribution in [0.5, 0.6) is 0 Å². The van der Waals surface area contributed by atoms with Gasteiger partial charge in [-0.2, -0.15) is 0 Å². The first-order valence-corrected chi connectivity index (χ1v) is 41.6. The first kappa shape index (κ1) is 89.0. The Morgan fingerprint density at radius 1 is 0.330 bits per heavy atom. The average molecular weight is 1300 g/mol. The maximum atomic E-state index is 12.8. The fourth-order valence-electron chi connectivity index (χ4n) is 12.2. The third-order valence-corrected chi connectivity index (χ3v) is 19.2. The van der Waals surface area contributed by atoms with Crippen LogP contribution in [0.15, 0.2) is 48.6 Å². The van der Waals surface area contributed by atoms with E-state index in [4.69, 9.17) is 24.3 Å². The number of unbranched alkanes of at least 4 members (excludes halogenated alkanes) is 56. The lowest BCUT2D eigenvalue weighted by Crippen LogP contribution is -2.29. The summed E-state index contributed by atoms with van der Waals surface area (Å²) in [5, 5.41) is 0. The van der Waals surface area contributed by atoms with E-state index in [9.17, 15) is 19.0 Å². The largest absolute Gasteiger partial charge is 0.472 e. The van der Waals surface area contributed by atoms with Crippen molar-refractivity contribution in [3.63, 3.8) is 0 Å². The van der Waals surface area contributed by atoms with Gasteiger partial charge in [0.15, 0.2) is 6.10 Å². The SMILES string of the molecule is CCCCCCC/C=C\C/C=C\C/C=C\CCCCCCCCCCCCCCCCCCCCC(=O)OC(COC(=O)CCCCCCCCCCCCCCCCCCCCCCCCCCC/C=C\CCCCCCCCCC)COP(=O)(O)OCCN. The monoisotopic (exact) mass is 1300 g/mol. The summed E-state index contributed by atoms with van der Waals surface area (Å²) in [7, 11) is -4.39. The van der Waals surface area contributed by atoms with Crippen molar-refractivity contribution in [2.75, 3.05) is 26.4 Å². The van der Waals surface area contributed by atoms with Crippen LogP contribution >= 0.6 is 7.82 Å². The van der Waals surface area contributed by atoms with E-state index in [2.05, 4.69) is 62.5 Å². The van der Waals surface area contributed by atoms with Crippen LogP contribution in [0.3, 0.4) is 0 Å². The third kappa shape index (κ3) is 76.9. The number of hydrogen-bond donors (Lipinski definition) is 2. The van der Waals surface area contributed by atoms with Crippen molar-refractivity contribution in [2.45, 2.75) is 431 Å². The van der Waals surface area contributed by atoms with Gasteiger partial charge in [0.1, 0.15) is 6.61 Å². The molecule has 0 aliphatic carbocycles. The normalized spacial score (nSPS) is 13.1. The highest BCUT2D eigenvalue weighted by molar-refractivity contribution is 7.47. The van der Waals surface area contributed by atoms with E-state index in [1.807, 2.05) is 0 Å². The minimum atomic E-state index is -4.39. The van der Waals surface area contributed by atoms with Gasteiger partial charge in [-0.3, -0.25) is 18.6 Å². The van der Waals surface area contributed by atoms with Gasteiger partial charge in [-0.15, -0.1) is 0 Å². The summed E-state index contributed by atoms with van der Waals surface area (Å²) in [6.45, 7) is 3.81. The molecule has 91 heavy (non-hydrogen) atoms. The van der Waals surface area contributed by atoms with E-state index in [0.29, 0.717) is 6.42 Å². The quantitative estimate of drug-likeness (QED) is 0.0264. The zero-order valence-electron chi connectivity index (χ0n) is 60.6. The molecule has 0 saturated heterocycles. The summed E-state index contributed by atoms with van der Waals surface area (Å²) in [6, 6.07) is 0. The average Bonchev–Trinajstić information content (AvgIpc) is 3.74. The van der Waals surface area contributed by atoms with Crippen molar-refractivity contribution in [1.29, 1.82) is 0 Å². The van der Waals surface area contributed by atoms with Gasteiger partial charge in [0.05, 0.1) is 13.2 Å². The second-order valence-corrected chi connectivity index (χ2v) is 28.7. The molecule has 0 aromatic rings. The smallest absolute Gasteiger partial charge is 0.462 e. The lowest BCUT2D eigenvalue weighted by molar-refractivity contribution is -0.161. The molecule has 536 valence electrons. The summed E-state index contributed by atoms with van der Waals surface area (Å²) < 4.78 is 33.3. The molecule has 0 radical (unpaired) electrons. The van der Waals surface area contributed by atoms with Crippen LogP contribution in [0.2, 0.25) is 0 Å². The molecule has 0 aromatic heterocycles. The Kier molecular flexibility index (Phi) is 75.3. The van der Waals surface area contributed by atoms with Crippen molar-refractivity contribution in [3.8, 4) is 0 Å². The predicted molar refractivity (Wildman–Crippen MR) is 395 cm³/mol. The Balaban J connectivity index is 3.76. The predicted octanol–water partition coefficient (Wildman–Crippen LogP) is 26.8. The minimum Gasteiger partial charge on any atom is -0.462 e.